The van der Waals surface area contributed by atoms with Gasteiger partial charge in [-0.2, -0.15) is 11.3 Å². The summed E-state index contributed by atoms with van der Waals surface area (Å²) in [7, 11) is 1.79. The highest BCUT2D eigenvalue weighted by Crippen LogP contribution is 2.27. The molecule has 1 saturated heterocycles. The number of hydrogen-bond donors (Lipinski definition) is 1. The van der Waals surface area contributed by atoms with E-state index < -0.39 is 0 Å². The second-order valence-corrected chi connectivity index (χ2v) is 7.04. The van der Waals surface area contributed by atoms with Gasteiger partial charge < -0.3 is 10.5 Å². The molecule has 1 aliphatic heterocycles. The fraction of sp³-hybridized carbons (Fsp3) is 0.533. The summed E-state index contributed by atoms with van der Waals surface area (Å²) in [6, 6.07) is 2.52. The highest BCUT2D eigenvalue weighted by molar-refractivity contribution is 7.14. The summed E-state index contributed by atoms with van der Waals surface area (Å²) in [5, 5.41) is 7.52. The smallest absolute Gasteiger partial charge is 0.124 e. The van der Waals surface area contributed by atoms with Crippen molar-refractivity contribution < 1.29 is 4.74 Å². The van der Waals surface area contributed by atoms with E-state index in [0.29, 0.717) is 18.7 Å². The fourth-order valence-corrected chi connectivity index (χ4v) is 4.36. The van der Waals surface area contributed by atoms with Crippen LogP contribution in [0.1, 0.15) is 18.5 Å². The van der Waals surface area contributed by atoms with Gasteiger partial charge in [0.05, 0.1) is 11.8 Å². The van der Waals surface area contributed by atoms with Crippen LogP contribution in [0.2, 0.25) is 0 Å². The minimum atomic E-state index is 0.353. The molecule has 0 spiro atoms. The van der Waals surface area contributed by atoms with Crippen LogP contribution in [0.25, 0.3) is 10.6 Å². The first kappa shape index (κ1) is 15.1. The SMILES string of the molecule is COC1CCN(Cc2csc(-c3ccsc3)n2)C(CN)C1. The van der Waals surface area contributed by atoms with E-state index in [9.17, 15) is 0 Å². The van der Waals surface area contributed by atoms with Crippen molar-refractivity contribution in [3.8, 4) is 10.6 Å². The zero-order valence-electron chi connectivity index (χ0n) is 12.2. The molecule has 2 aromatic heterocycles. The van der Waals surface area contributed by atoms with Crippen molar-refractivity contribution in [2.24, 2.45) is 5.73 Å². The van der Waals surface area contributed by atoms with Gasteiger partial charge in [0, 0.05) is 49.1 Å². The summed E-state index contributed by atoms with van der Waals surface area (Å²) >= 11 is 3.43. The van der Waals surface area contributed by atoms with Gasteiger partial charge in [0.1, 0.15) is 5.01 Å². The Morgan fingerprint density at radius 2 is 2.38 bits per heavy atom. The van der Waals surface area contributed by atoms with E-state index in [1.54, 1.807) is 29.8 Å². The second-order valence-electron chi connectivity index (χ2n) is 5.40. The van der Waals surface area contributed by atoms with Crippen molar-refractivity contribution in [2.45, 2.75) is 31.5 Å². The van der Waals surface area contributed by atoms with Gasteiger partial charge in [0.15, 0.2) is 0 Å². The molecule has 3 heterocycles. The Hall–Kier alpha value is -0.790. The van der Waals surface area contributed by atoms with Crippen molar-refractivity contribution in [1.29, 1.82) is 0 Å². The van der Waals surface area contributed by atoms with Crippen molar-refractivity contribution >= 4 is 22.7 Å². The summed E-state index contributed by atoms with van der Waals surface area (Å²) in [4.78, 5) is 7.21. The van der Waals surface area contributed by atoms with Crippen LogP contribution in [0.3, 0.4) is 0 Å². The Bertz CT molecular complexity index is 555. The molecule has 2 aromatic rings. The Kier molecular flexibility index (Phi) is 5.03. The Morgan fingerprint density at radius 3 is 3.10 bits per heavy atom. The highest BCUT2D eigenvalue weighted by Gasteiger charge is 2.27. The lowest BCUT2D eigenvalue weighted by atomic mass is 9.99. The number of thiophene rings is 1. The van der Waals surface area contributed by atoms with E-state index in [1.165, 1.54) is 5.56 Å². The molecule has 1 aliphatic rings. The van der Waals surface area contributed by atoms with E-state index in [4.69, 9.17) is 15.5 Å². The summed E-state index contributed by atoms with van der Waals surface area (Å²) in [6.45, 7) is 2.60. The average Bonchev–Trinajstić information content (AvgIpc) is 3.18. The number of nitrogens with two attached hydrogens (primary N) is 1. The molecule has 4 nitrogen and oxygen atoms in total. The van der Waals surface area contributed by atoms with Gasteiger partial charge in [-0.05, 0) is 24.3 Å². The number of ether oxygens (including phenoxy) is 1. The van der Waals surface area contributed by atoms with Crippen LogP contribution < -0.4 is 5.73 Å². The topological polar surface area (TPSA) is 51.4 Å². The number of likely N-dealkylation sites (tertiary alicyclic amines) is 1. The predicted octanol–water partition coefficient (Wildman–Crippen LogP) is 2.81. The zero-order valence-corrected chi connectivity index (χ0v) is 13.8. The first-order chi connectivity index (χ1) is 10.3. The van der Waals surface area contributed by atoms with Gasteiger partial charge in [-0.1, -0.05) is 0 Å². The van der Waals surface area contributed by atoms with Crippen molar-refractivity contribution in [3.05, 3.63) is 27.9 Å². The molecule has 2 atom stereocenters. The molecule has 0 radical (unpaired) electrons. The summed E-state index contributed by atoms with van der Waals surface area (Å²) in [5.41, 5.74) is 8.31. The molecular formula is C15H21N3OS2. The Morgan fingerprint density at radius 1 is 1.48 bits per heavy atom. The van der Waals surface area contributed by atoms with Gasteiger partial charge in [-0.25, -0.2) is 4.98 Å². The molecule has 3 rings (SSSR count). The average molecular weight is 323 g/mol. The standard InChI is InChI=1S/C15H21N3OS2/c1-19-14-2-4-18(13(6-14)7-16)8-12-10-21-15(17-12)11-3-5-20-9-11/h3,5,9-10,13-14H,2,4,6-8,16H2,1H3. The van der Waals surface area contributed by atoms with E-state index in [-0.39, 0.29) is 0 Å². The van der Waals surface area contributed by atoms with Crippen molar-refractivity contribution in [2.75, 3.05) is 20.2 Å². The number of thiazole rings is 1. The first-order valence-corrected chi connectivity index (χ1v) is 9.06. The lowest BCUT2D eigenvalue weighted by molar-refractivity contribution is 0.00985. The van der Waals surface area contributed by atoms with Crippen LogP contribution in [0, 0.1) is 0 Å². The molecule has 0 amide bonds. The van der Waals surface area contributed by atoms with Gasteiger partial charge >= 0.3 is 0 Å². The fourth-order valence-electron chi connectivity index (χ4n) is 2.84. The Balaban J connectivity index is 1.66. The molecule has 2 N–H and O–H groups in total. The van der Waals surface area contributed by atoms with Crippen LogP contribution in [-0.4, -0.2) is 42.2 Å². The molecule has 21 heavy (non-hydrogen) atoms. The normalized spacial score (nSPS) is 23.5. The lowest BCUT2D eigenvalue weighted by Crippen LogP contribution is -2.48. The maximum atomic E-state index is 5.93. The number of nitrogens with zero attached hydrogens (tertiary/aromatic N) is 2. The van der Waals surface area contributed by atoms with Crippen LogP contribution in [0.5, 0.6) is 0 Å². The molecule has 1 fully saturated rings. The van der Waals surface area contributed by atoms with Crippen LogP contribution in [-0.2, 0) is 11.3 Å². The first-order valence-electron chi connectivity index (χ1n) is 7.24. The molecule has 0 bridgehead atoms. The molecule has 2 unspecified atom stereocenters. The summed E-state index contributed by atoms with van der Waals surface area (Å²) in [5.74, 6) is 0. The van der Waals surface area contributed by atoms with Crippen molar-refractivity contribution in [3.63, 3.8) is 0 Å². The third kappa shape index (κ3) is 3.52. The minimum Gasteiger partial charge on any atom is -0.381 e. The van der Waals surface area contributed by atoms with Crippen LogP contribution in [0.15, 0.2) is 22.2 Å². The number of piperidine rings is 1. The molecule has 6 heteroatoms. The minimum absolute atomic E-state index is 0.353. The van der Waals surface area contributed by atoms with Gasteiger partial charge in [0.2, 0.25) is 0 Å². The third-order valence-electron chi connectivity index (χ3n) is 4.08. The lowest BCUT2D eigenvalue weighted by Gasteiger charge is -2.38. The quantitative estimate of drug-likeness (QED) is 0.919. The molecular weight excluding hydrogens is 302 g/mol. The van der Waals surface area contributed by atoms with E-state index in [2.05, 4.69) is 27.1 Å². The molecule has 0 aliphatic carbocycles. The highest BCUT2D eigenvalue weighted by atomic mass is 32.1. The van der Waals surface area contributed by atoms with E-state index >= 15 is 0 Å². The van der Waals surface area contributed by atoms with Gasteiger partial charge in [0.25, 0.3) is 0 Å². The van der Waals surface area contributed by atoms with Crippen LogP contribution >= 0.6 is 22.7 Å². The molecule has 0 aromatic carbocycles. The molecule has 0 saturated carbocycles. The van der Waals surface area contributed by atoms with Gasteiger partial charge in [-0.3, -0.25) is 4.90 Å². The Labute approximate surface area is 133 Å². The largest absolute Gasteiger partial charge is 0.381 e. The second kappa shape index (κ2) is 6.98. The van der Waals surface area contributed by atoms with E-state index in [1.807, 2.05) is 0 Å². The number of rotatable bonds is 5. The van der Waals surface area contributed by atoms with Crippen molar-refractivity contribution in [1.82, 2.24) is 9.88 Å². The number of hydrogen-bond acceptors (Lipinski definition) is 6. The number of aromatic nitrogens is 1. The predicted molar refractivity (Wildman–Crippen MR) is 88.7 cm³/mol. The zero-order chi connectivity index (χ0) is 14.7. The summed E-state index contributed by atoms with van der Waals surface area (Å²) in [6.07, 6.45) is 2.45. The third-order valence-corrected chi connectivity index (χ3v) is 5.70. The maximum absolute atomic E-state index is 5.93. The molecule has 114 valence electrons. The number of methoxy groups -OCH3 is 1. The van der Waals surface area contributed by atoms with Crippen LogP contribution in [0.4, 0.5) is 0 Å². The van der Waals surface area contributed by atoms with E-state index in [0.717, 1.165) is 36.6 Å². The monoisotopic (exact) mass is 323 g/mol. The maximum Gasteiger partial charge on any atom is 0.124 e. The summed E-state index contributed by atoms with van der Waals surface area (Å²) < 4.78 is 5.48. The van der Waals surface area contributed by atoms with Gasteiger partial charge in [-0.15, -0.1) is 11.3 Å².